The van der Waals surface area contributed by atoms with Crippen molar-refractivity contribution in [3.05, 3.63) is 74.9 Å². The molecule has 2 N–H and O–H groups in total. The number of hydrogen-bond donors (Lipinski definition) is 2. The van der Waals surface area contributed by atoms with Crippen molar-refractivity contribution in [1.82, 2.24) is 9.78 Å². The highest BCUT2D eigenvalue weighted by atomic mass is 79.9. The number of amides is 1. The summed E-state index contributed by atoms with van der Waals surface area (Å²) in [6.45, 7) is 0. The Labute approximate surface area is 191 Å². The number of halogens is 7. The van der Waals surface area contributed by atoms with E-state index in [1.807, 2.05) is 0 Å². The van der Waals surface area contributed by atoms with Gasteiger partial charge in [-0.15, -0.1) is 0 Å². The number of nitrogens with one attached hydrogen (secondary N) is 2. The fraction of sp³-hybridized carbons (Fsp3) is 0.200. The number of carbonyl (C=O) groups excluding carboxylic acids is 1. The van der Waals surface area contributed by atoms with Gasteiger partial charge in [0.05, 0.1) is 11.7 Å². The molecular weight excluding hydrogens is 523 g/mol. The van der Waals surface area contributed by atoms with Gasteiger partial charge in [0.1, 0.15) is 11.6 Å². The van der Waals surface area contributed by atoms with Crippen molar-refractivity contribution in [2.24, 2.45) is 0 Å². The van der Waals surface area contributed by atoms with Gasteiger partial charge >= 0.3 is 6.18 Å². The average Bonchev–Trinajstić information content (AvgIpc) is 3.13. The number of nitrogens with zero attached hydrogens (tertiary/aromatic N) is 2. The molecule has 0 saturated carbocycles. The Bertz CT molecular complexity index is 1160. The first-order valence-electron chi connectivity index (χ1n) is 9.17. The van der Waals surface area contributed by atoms with Crippen molar-refractivity contribution < 1.29 is 26.7 Å². The lowest BCUT2D eigenvalue weighted by atomic mass is 9.97. The van der Waals surface area contributed by atoms with Crippen molar-refractivity contribution in [2.45, 2.75) is 24.7 Å². The third-order valence-electron chi connectivity index (χ3n) is 4.94. The number of anilines is 2. The molecule has 4 rings (SSSR count). The lowest BCUT2D eigenvalue weighted by Crippen LogP contribution is -2.35. The lowest BCUT2D eigenvalue weighted by molar-refractivity contribution is -0.173. The molecule has 1 aliphatic heterocycles. The van der Waals surface area contributed by atoms with Crippen LogP contribution in [-0.4, -0.2) is 21.9 Å². The highest BCUT2D eigenvalue weighted by Gasteiger charge is 2.46. The van der Waals surface area contributed by atoms with Crippen molar-refractivity contribution in [2.75, 3.05) is 10.6 Å². The molecule has 5 nitrogen and oxygen atoms in total. The minimum atomic E-state index is -4.63. The Morgan fingerprint density at radius 1 is 1.19 bits per heavy atom. The molecule has 168 valence electrons. The third kappa shape index (κ3) is 4.44. The van der Waals surface area contributed by atoms with E-state index in [9.17, 15) is 26.7 Å². The van der Waals surface area contributed by atoms with Gasteiger partial charge in [0, 0.05) is 28.0 Å². The highest BCUT2D eigenvalue weighted by molar-refractivity contribution is 9.10. The average molecular weight is 536 g/mol. The number of rotatable bonds is 3. The van der Waals surface area contributed by atoms with Gasteiger partial charge in [-0.2, -0.15) is 18.3 Å². The van der Waals surface area contributed by atoms with Gasteiger partial charge in [-0.1, -0.05) is 23.7 Å². The molecule has 1 aliphatic rings. The standard InChI is InChI=1S/C20H13BrClF5N4O/c21-12-5-11(23)6-13(24)18(12)29-19(32)15-8-17-28-14(9-1-3-10(22)4-2-9)7-16(20(25,26)27)31(17)30-15/h1-6,8,14,16,28H,7H2,(H,29,32)/t14-,16-/m1/s1. The quantitative estimate of drug-likeness (QED) is 0.377. The molecule has 12 heteroatoms. The summed E-state index contributed by atoms with van der Waals surface area (Å²) in [7, 11) is 0. The Morgan fingerprint density at radius 3 is 2.50 bits per heavy atom. The summed E-state index contributed by atoms with van der Waals surface area (Å²) < 4.78 is 69.2. The van der Waals surface area contributed by atoms with Crippen LogP contribution in [0.2, 0.25) is 5.02 Å². The predicted octanol–water partition coefficient (Wildman–Crippen LogP) is 6.49. The largest absolute Gasteiger partial charge is 0.410 e. The molecule has 1 aromatic heterocycles. The molecule has 0 unspecified atom stereocenters. The Kier molecular flexibility index (Phi) is 5.89. The van der Waals surface area contributed by atoms with Gasteiger partial charge < -0.3 is 10.6 Å². The number of carbonyl (C=O) groups is 1. The zero-order valence-electron chi connectivity index (χ0n) is 15.9. The first-order valence-corrected chi connectivity index (χ1v) is 10.3. The fourth-order valence-corrected chi connectivity index (χ4v) is 4.07. The predicted molar refractivity (Wildman–Crippen MR) is 112 cm³/mol. The first kappa shape index (κ1) is 22.5. The second-order valence-electron chi connectivity index (χ2n) is 7.10. The van der Waals surface area contributed by atoms with E-state index in [4.69, 9.17) is 11.6 Å². The fourth-order valence-electron chi connectivity index (χ4n) is 3.44. The summed E-state index contributed by atoms with van der Waals surface area (Å²) in [5, 5.41) is 9.40. The maximum absolute atomic E-state index is 14.0. The van der Waals surface area contributed by atoms with E-state index < -0.39 is 35.8 Å². The van der Waals surface area contributed by atoms with Crippen molar-refractivity contribution in [1.29, 1.82) is 0 Å². The van der Waals surface area contributed by atoms with E-state index in [2.05, 4.69) is 31.7 Å². The third-order valence-corrected chi connectivity index (χ3v) is 5.82. The van der Waals surface area contributed by atoms with Crippen LogP contribution in [-0.2, 0) is 0 Å². The van der Waals surface area contributed by atoms with Gasteiger partial charge in [-0.05, 0) is 39.7 Å². The van der Waals surface area contributed by atoms with Crippen molar-refractivity contribution >= 4 is 44.9 Å². The smallest absolute Gasteiger partial charge is 0.363 e. The molecule has 2 aromatic carbocycles. The number of hydrogen-bond acceptors (Lipinski definition) is 3. The monoisotopic (exact) mass is 534 g/mol. The second kappa shape index (κ2) is 8.36. The van der Waals surface area contributed by atoms with Gasteiger partial charge in [-0.25, -0.2) is 13.5 Å². The van der Waals surface area contributed by atoms with E-state index >= 15 is 0 Å². The minimum Gasteiger partial charge on any atom is -0.363 e. The molecule has 0 saturated heterocycles. The molecule has 2 heterocycles. The number of fused-ring (bicyclic) bond motifs is 1. The van der Waals surface area contributed by atoms with Crippen LogP contribution in [0.4, 0.5) is 33.5 Å². The first-order chi connectivity index (χ1) is 15.0. The molecule has 32 heavy (non-hydrogen) atoms. The summed E-state index contributed by atoms with van der Waals surface area (Å²) in [5.74, 6) is -2.90. The maximum Gasteiger partial charge on any atom is 0.410 e. The maximum atomic E-state index is 14.0. The highest BCUT2D eigenvalue weighted by Crippen LogP contribution is 2.43. The molecule has 1 amide bonds. The summed E-state index contributed by atoms with van der Waals surface area (Å²) >= 11 is 8.80. The van der Waals surface area contributed by atoms with Crippen molar-refractivity contribution in [3.8, 4) is 0 Å². The molecule has 0 spiro atoms. The lowest BCUT2D eigenvalue weighted by Gasteiger charge is -2.33. The zero-order valence-corrected chi connectivity index (χ0v) is 18.2. The molecule has 2 atom stereocenters. The van der Waals surface area contributed by atoms with Crippen LogP contribution in [0, 0.1) is 11.6 Å². The van der Waals surface area contributed by atoms with E-state index in [1.165, 1.54) is 0 Å². The van der Waals surface area contributed by atoms with Crippen LogP contribution in [0.25, 0.3) is 0 Å². The van der Waals surface area contributed by atoms with Crippen LogP contribution >= 0.6 is 27.5 Å². The van der Waals surface area contributed by atoms with Crippen LogP contribution < -0.4 is 10.6 Å². The molecule has 0 aliphatic carbocycles. The number of aromatic nitrogens is 2. The van der Waals surface area contributed by atoms with E-state index in [0.717, 1.165) is 12.1 Å². The van der Waals surface area contributed by atoms with Gasteiger partial charge in [0.25, 0.3) is 5.91 Å². The summed E-state index contributed by atoms with van der Waals surface area (Å²) in [6.07, 6.45) is -4.99. The SMILES string of the molecule is O=C(Nc1c(F)cc(F)cc1Br)c1cc2n(n1)[C@@H](C(F)(F)F)C[C@H](c1ccc(Cl)cc1)N2. The number of alkyl halides is 3. The molecular formula is C20H13BrClF5N4O. The molecule has 0 bridgehead atoms. The van der Waals surface area contributed by atoms with Crippen LogP contribution in [0.1, 0.15) is 34.6 Å². The Morgan fingerprint density at radius 2 is 1.88 bits per heavy atom. The van der Waals surface area contributed by atoms with Gasteiger partial charge in [0.15, 0.2) is 17.6 Å². The summed E-state index contributed by atoms with van der Waals surface area (Å²) in [6, 6.07) is 6.32. The van der Waals surface area contributed by atoms with Crippen LogP contribution in [0.5, 0.6) is 0 Å². The van der Waals surface area contributed by atoms with Crippen LogP contribution in [0.15, 0.2) is 46.9 Å². The van der Waals surface area contributed by atoms with Gasteiger partial charge in [0.2, 0.25) is 0 Å². The van der Waals surface area contributed by atoms with Crippen molar-refractivity contribution in [3.63, 3.8) is 0 Å². The second-order valence-corrected chi connectivity index (χ2v) is 8.39. The topological polar surface area (TPSA) is 59.0 Å². The van der Waals surface area contributed by atoms with E-state index in [-0.39, 0.29) is 28.1 Å². The van der Waals surface area contributed by atoms with Crippen LogP contribution in [0.3, 0.4) is 0 Å². The number of benzene rings is 2. The summed E-state index contributed by atoms with van der Waals surface area (Å²) in [4.78, 5) is 12.6. The summed E-state index contributed by atoms with van der Waals surface area (Å²) in [5.41, 5.74) is -0.143. The molecule has 0 radical (unpaired) electrons. The zero-order chi connectivity index (χ0) is 23.2. The Hall–Kier alpha value is -2.66. The minimum absolute atomic E-state index is 0.0256. The molecule has 0 fully saturated rings. The van der Waals surface area contributed by atoms with E-state index in [0.29, 0.717) is 21.3 Å². The molecule has 3 aromatic rings. The normalized spacial score (nSPS) is 18.1. The van der Waals surface area contributed by atoms with E-state index in [1.54, 1.807) is 24.3 Å². The Balaban J connectivity index is 1.66. The van der Waals surface area contributed by atoms with Gasteiger partial charge in [-0.3, -0.25) is 4.79 Å².